The van der Waals surface area contributed by atoms with Crippen molar-refractivity contribution in [1.82, 2.24) is 4.57 Å². The molecule has 0 aliphatic rings. The fraction of sp³-hybridized carbons (Fsp3) is 0.158. The number of carbonyl (C=O) groups excluding carboxylic acids is 2. The molecule has 0 unspecified atom stereocenters. The van der Waals surface area contributed by atoms with Crippen LogP contribution in [0, 0.1) is 6.92 Å². The van der Waals surface area contributed by atoms with E-state index in [2.05, 4.69) is 0 Å². The summed E-state index contributed by atoms with van der Waals surface area (Å²) in [6.45, 7) is 1.71. The summed E-state index contributed by atoms with van der Waals surface area (Å²) in [5, 5.41) is 0.654. The first kappa shape index (κ1) is 16.6. The van der Waals surface area contributed by atoms with Gasteiger partial charge in [-0.05, 0) is 31.2 Å². The van der Waals surface area contributed by atoms with Crippen molar-refractivity contribution in [3.05, 3.63) is 59.3 Å². The summed E-state index contributed by atoms with van der Waals surface area (Å²) in [5.41, 5.74) is 7.42. The first-order valence-electron chi connectivity index (χ1n) is 7.66. The van der Waals surface area contributed by atoms with Gasteiger partial charge in [0, 0.05) is 16.6 Å². The summed E-state index contributed by atoms with van der Waals surface area (Å²) in [4.78, 5) is 25.0. The van der Waals surface area contributed by atoms with Gasteiger partial charge in [0.05, 0.1) is 25.3 Å². The highest BCUT2D eigenvalue weighted by Gasteiger charge is 2.23. The van der Waals surface area contributed by atoms with Crippen molar-refractivity contribution >= 4 is 22.7 Å². The number of amides is 1. The summed E-state index contributed by atoms with van der Waals surface area (Å²) in [5.74, 6) is 0.151. The lowest BCUT2D eigenvalue weighted by atomic mass is 10.1. The van der Waals surface area contributed by atoms with Crippen molar-refractivity contribution in [3.63, 3.8) is 0 Å². The number of primary amides is 1. The lowest BCUT2D eigenvalue weighted by molar-refractivity contribution is 0.0962. The molecule has 2 N–H and O–H groups in total. The van der Waals surface area contributed by atoms with Gasteiger partial charge in [-0.2, -0.15) is 0 Å². The average Bonchev–Trinajstić information content (AvgIpc) is 2.92. The lowest BCUT2D eigenvalue weighted by Crippen LogP contribution is -2.16. The van der Waals surface area contributed by atoms with Gasteiger partial charge in [-0.25, -0.2) is 0 Å². The number of methoxy groups -OCH3 is 2. The summed E-state index contributed by atoms with van der Waals surface area (Å²) in [6, 6.07) is 12.1. The first-order valence-corrected chi connectivity index (χ1v) is 7.66. The Labute approximate surface area is 144 Å². The normalized spacial score (nSPS) is 10.7. The van der Waals surface area contributed by atoms with Crippen LogP contribution < -0.4 is 15.2 Å². The fourth-order valence-corrected chi connectivity index (χ4v) is 3.04. The maximum absolute atomic E-state index is 13.1. The van der Waals surface area contributed by atoms with Crippen LogP contribution in [0.2, 0.25) is 0 Å². The van der Waals surface area contributed by atoms with Crippen LogP contribution in [-0.4, -0.2) is 30.6 Å². The Morgan fingerprint density at radius 3 is 2.32 bits per heavy atom. The number of carbonyl (C=O) groups is 2. The van der Waals surface area contributed by atoms with E-state index in [4.69, 9.17) is 15.2 Å². The minimum absolute atomic E-state index is 0.276. The Bertz CT molecular complexity index is 988. The van der Waals surface area contributed by atoms with E-state index in [-0.39, 0.29) is 5.91 Å². The molecule has 1 heterocycles. The molecule has 1 amide bonds. The monoisotopic (exact) mass is 338 g/mol. The molecule has 1 aromatic heterocycles. The standard InChI is InChI=1S/C19H18N2O4/c1-11-17(18(20)22)13-6-4-5-7-14(13)21(11)19(23)12-8-9-15(24-2)16(10-12)25-3/h4-10H,1-3H3,(H2,20,22). The Morgan fingerprint density at radius 2 is 1.68 bits per heavy atom. The molecule has 0 saturated carbocycles. The number of benzene rings is 2. The molecular weight excluding hydrogens is 320 g/mol. The zero-order valence-corrected chi connectivity index (χ0v) is 14.2. The third kappa shape index (κ3) is 2.61. The second-order valence-corrected chi connectivity index (χ2v) is 5.55. The number of nitrogens with two attached hydrogens (primary N) is 1. The van der Waals surface area contributed by atoms with Gasteiger partial charge in [-0.3, -0.25) is 14.2 Å². The van der Waals surface area contributed by atoms with E-state index in [0.717, 1.165) is 0 Å². The zero-order valence-electron chi connectivity index (χ0n) is 14.2. The summed E-state index contributed by atoms with van der Waals surface area (Å²) in [7, 11) is 3.04. The number of fused-ring (bicyclic) bond motifs is 1. The number of ether oxygens (including phenoxy) is 2. The minimum Gasteiger partial charge on any atom is -0.493 e. The van der Waals surface area contributed by atoms with Crippen LogP contribution in [0.4, 0.5) is 0 Å². The van der Waals surface area contributed by atoms with Gasteiger partial charge in [-0.1, -0.05) is 18.2 Å². The molecular formula is C19H18N2O4. The van der Waals surface area contributed by atoms with Crippen molar-refractivity contribution < 1.29 is 19.1 Å². The van der Waals surface area contributed by atoms with Crippen LogP contribution >= 0.6 is 0 Å². The maximum atomic E-state index is 13.1. The van der Waals surface area contributed by atoms with Crippen molar-refractivity contribution in [2.45, 2.75) is 6.92 Å². The molecule has 2 aromatic carbocycles. The van der Waals surface area contributed by atoms with Gasteiger partial charge in [0.2, 0.25) is 0 Å². The Hall–Kier alpha value is -3.28. The summed E-state index contributed by atoms with van der Waals surface area (Å²) in [6.07, 6.45) is 0. The number of rotatable bonds is 4. The van der Waals surface area contributed by atoms with Crippen LogP contribution in [0.5, 0.6) is 11.5 Å². The lowest BCUT2D eigenvalue weighted by Gasteiger charge is -2.11. The minimum atomic E-state index is -0.562. The van der Waals surface area contributed by atoms with E-state index in [1.807, 2.05) is 6.07 Å². The van der Waals surface area contributed by atoms with E-state index in [0.29, 0.717) is 39.2 Å². The van der Waals surface area contributed by atoms with E-state index in [1.165, 1.54) is 18.8 Å². The second kappa shape index (κ2) is 6.32. The van der Waals surface area contributed by atoms with Crippen molar-refractivity contribution in [3.8, 4) is 11.5 Å². The predicted octanol–water partition coefficient (Wildman–Crippen LogP) is 2.75. The molecule has 128 valence electrons. The molecule has 0 bridgehead atoms. The van der Waals surface area contributed by atoms with Gasteiger partial charge < -0.3 is 15.2 Å². The van der Waals surface area contributed by atoms with Gasteiger partial charge in [0.25, 0.3) is 11.8 Å². The molecule has 0 aliphatic heterocycles. The molecule has 3 aromatic rings. The third-order valence-electron chi connectivity index (χ3n) is 4.19. The Balaban J connectivity index is 2.22. The highest BCUT2D eigenvalue weighted by molar-refractivity contribution is 6.12. The number of nitrogens with zero attached hydrogens (tertiary/aromatic N) is 1. The fourth-order valence-electron chi connectivity index (χ4n) is 3.04. The smallest absolute Gasteiger partial charge is 0.262 e. The third-order valence-corrected chi connectivity index (χ3v) is 4.19. The highest BCUT2D eigenvalue weighted by atomic mass is 16.5. The first-order chi connectivity index (χ1) is 12.0. The molecule has 6 heteroatoms. The molecule has 0 fully saturated rings. The van der Waals surface area contributed by atoms with Crippen LogP contribution in [0.3, 0.4) is 0 Å². The quantitative estimate of drug-likeness (QED) is 0.793. The Kier molecular flexibility index (Phi) is 4.19. The molecule has 0 radical (unpaired) electrons. The number of hydrogen-bond donors (Lipinski definition) is 1. The molecule has 0 saturated heterocycles. The Morgan fingerprint density at radius 1 is 1.00 bits per heavy atom. The van der Waals surface area contributed by atoms with Gasteiger partial charge in [-0.15, -0.1) is 0 Å². The highest BCUT2D eigenvalue weighted by Crippen LogP contribution is 2.30. The maximum Gasteiger partial charge on any atom is 0.262 e. The second-order valence-electron chi connectivity index (χ2n) is 5.55. The molecule has 25 heavy (non-hydrogen) atoms. The molecule has 0 aliphatic carbocycles. The SMILES string of the molecule is COc1ccc(C(=O)n2c(C)c(C(N)=O)c3ccccc32)cc1OC. The van der Waals surface area contributed by atoms with Crippen molar-refractivity contribution in [2.75, 3.05) is 14.2 Å². The van der Waals surface area contributed by atoms with Crippen LogP contribution in [-0.2, 0) is 0 Å². The van der Waals surface area contributed by atoms with E-state index in [9.17, 15) is 9.59 Å². The van der Waals surface area contributed by atoms with Crippen molar-refractivity contribution in [2.24, 2.45) is 5.73 Å². The summed E-state index contributed by atoms with van der Waals surface area (Å²) >= 11 is 0. The van der Waals surface area contributed by atoms with E-state index < -0.39 is 5.91 Å². The number of para-hydroxylation sites is 1. The predicted molar refractivity (Wildman–Crippen MR) is 94.5 cm³/mol. The summed E-state index contributed by atoms with van der Waals surface area (Å²) < 4.78 is 12.0. The average molecular weight is 338 g/mol. The molecule has 0 atom stereocenters. The van der Waals surface area contributed by atoms with E-state index >= 15 is 0 Å². The van der Waals surface area contributed by atoms with Crippen LogP contribution in [0.1, 0.15) is 26.4 Å². The molecule has 3 rings (SSSR count). The molecule has 0 spiro atoms. The van der Waals surface area contributed by atoms with Gasteiger partial charge in [0.1, 0.15) is 0 Å². The molecule has 6 nitrogen and oxygen atoms in total. The van der Waals surface area contributed by atoms with E-state index in [1.54, 1.807) is 43.3 Å². The topological polar surface area (TPSA) is 83.5 Å². The van der Waals surface area contributed by atoms with Crippen molar-refractivity contribution in [1.29, 1.82) is 0 Å². The largest absolute Gasteiger partial charge is 0.493 e. The number of hydrogen-bond acceptors (Lipinski definition) is 4. The zero-order chi connectivity index (χ0) is 18.1. The van der Waals surface area contributed by atoms with Gasteiger partial charge in [0.15, 0.2) is 11.5 Å². The van der Waals surface area contributed by atoms with Crippen LogP contribution in [0.15, 0.2) is 42.5 Å². The van der Waals surface area contributed by atoms with Gasteiger partial charge >= 0.3 is 0 Å². The van der Waals surface area contributed by atoms with Crippen LogP contribution in [0.25, 0.3) is 10.9 Å². The number of aromatic nitrogens is 1.